The van der Waals surface area contributed by atoms with Crippen LogP contribution in [0.5, 0.6) is 0 Å². The first-order valence-electron chi connectivity index (χ1n) is 10.6. The van der Waals surface area contributed by atoms with E-state index in [0.29, 0.717) is 30.1 Å². The molecule has 2 amide bonds. The molecular weight excluding hydrogens is 326 g/mol. The first-order valence-corrected chi connectivity index (χ1v) is 10.6. The van der Waals surface area contributed by atoms with Crippen LogP contribution in [0.4, 0.5) is 0 Å². The van der Waals surface area contributed by atoms with Gasteiger partial charge in [-0.05, 0) is 31.6 Å². The Labute approximate surface area is 159 Å². The minimum Gasteiger partial charge on any atom is -0.343 e. The molecule has 148 valence electrons. The van der Waals surface area contributed by atoms with Crippen LogP contribution in [0, 0.1) is 23.7 Å². The molecule has 3 fully saturated rings. The molecule has 0 unspecified atom stereocenters. The molecule has 0 aromatic heterocycles. The maximum Gasteiger partial charge on any atom is 0.227 e. The van der Waals surface area contributed by atoms with Gasteiger partial charge in [0.15, 0.2) is 0 Å². The van der Waals surface area contributed by atoms with E-state index in [0.717, 1.165) is 52.1 Å². The summed E-state index contributed by atoms with van der Waals surface area (Å²) in [4.78, 5) is 32.3. The fourth-order valence-corrected chi connectivity index (χ4v) is 5.70. The van der Waals surface area contributed by atoms with Crippen molar-refractivity contribution in [3.63, 3.8) is 0 Å². The summed E-state index contributed by atoms with van der Waals surface area (Å²) >= 11 is 0. The highest BCUT2D eigenvalue weighted by atomic mass is 16.2. The Bertz CT molecular complexity index is 537. The minimum atomic E-state index is -0.0170. The van der Waals surface area contributed by atoms with E-state index in [1.54, 1.807) is 0 Å². The van der Waals surface area contributed by atoms with Crippen molar-refractivity contribution in [1.29, 1.82) is 0 Å². The molecule has 1 spiro atoms. The summed E-state index contributed by atoms with van der Waals surface area (Å²) < 4.78 is 0. The third kappa shape index (κ3) is 3.39. The van der Waals surface area contributed by atoms with Gasteiger partial charge in [-0.15, -0.1) is 0 Å². The molecule has 5 nitrogen and oxygen atoms in total. The van der Waals surface area contributed by atoms with Gasteiger partial charge in [-0.3, -0.25) is 9.59 Å². The second-order valence-corrected chi connectivity index (χ2v) is 9.49. The first kappa shape index (κ1) is 19.7. The third-order valence-corrected chi connectivity index (χ3v) is 6.71. The zero-order valence-corrected chi connectivity index (χ0v) is 17.3. The number of piperidine rings is 1. The van der Waals surface area contributed by atoms with Crippen LogP contribution in [0.1, 0.15) is 53.9 Å². The number of carbonyl (C=O) groups excluding carboxylic acids is 2. The molecule has 0 bridgehead atoms. The van der Waals surface area contributed by atoms with E-state index in [2.05, 4.69) is 44.4 Å². The van der Waals surface area contributed by atoms with Crippen LogP contribution in [0.2, 0.25) is 0 Å². The molecule has 5 heteroatoms. The summed E-state index contributed by atoms with van der Waals surface area (Å²) in [6.45, 7) is 16.3. The smallest absolute Gasteiger partial charge is 0.227 e. The van der Waals surface area contributed by atoms with Gasteiger partial charge in [0.25, 0.3) is 0 Å². The third-order valence-electron chi connectivity index (χ3n) is 6.71. The number of likely N-dealkylation sites (tertiary alicyclic amines) is 3. The Morgan fingerprint density at radius 1 is 1.12 bits per heavy atom. The van der Waals surface area contributed by atoms with E-state index in [9.17, 15) is 9.59 Å². The van der Waals surface area contributed by atoms with Crippen molar-refractivity contribution in [2.24, 2.45) is 23.7 Å². The predicted octanol–water partition coefficient (Wildman–Crippen LogP) is 2.46. The van der Waals surface area contributed by atoms with Crippen molar-refractivity contribution >= 4 is 11.8 Å². The summed E-state index contributed by atoms with van der Waals surface area (Å²) in [5, 5.41) is 0. The number of fused-ring (bicyclic) bond motifs is 2. The molecule has 0 saturated carbocycles. The highest BCUT2D eigenvalue weighted by molar-refractivity contribution is 5.84. The molecule has 2 atom stereocenters. The van der Waals surface area contributed by atoms with Gasteiger partial charge in [0.1, 0.15) is 0 Å². The largest absolute Gasteiger partial charge is 0.343 e. The minimum absolute atomic E-state index is 0.0170. The van der Waals surface area contributed by atoms with Crippen LogP contribution in [0.3, 0.4) is 0 Å². The Morgan fingerprint density at radius 2 is 1.77 bits per heavy atom. The van der Waals surface area contributed by atoms with Crippen LogP contribution in [0.25, 0.3) is 0 Å². The van der Waals surface area contributed by atoms with Crippen LogP contribution < -0.4 is 0 Å². The Morgan fingerprint density at radius 3 is 2.31 bits per heavy atom. The van der Waals surface area contributed by atoms with E-state index in [-0.39, 0.29) is 17.4 Å². The monoisotopic (exact) mass is 363 g/mol. The summed E-state index contributed by atoms with van der Waals surface area (Å²) in [6, 6.07) is 0. The van der Waals surface area contributed by atoms with E-state index in [1.807, 2.05) is 4.90 Å². The van der Waals surface area contributed by atoms with E-state index < -0.39 is 0 Å². The van der Waals surface area contributed by atoms with Crippen molar-refractivity contribution in [2.45, 2.75) is 59.4 Å². The van der Waals surface area contributed by atoms with Crippen LogP contribution in [0.15, 0.2) is 0 Å². The van der Waals surface area contributed by atoms with Gasteiger partial charge in [-0.25, -0.2) is 0 Å². The topological polar surface area (TPSA) is 43.9 Å². The number of hydrogen-bond acceptors (Lipinski definition) is 3. The van der Waals surface area contributed by atoms with E-state index in [4.69, 9.17) is 0 Å². The highest BCUT2D eigenvalue weighted by Crippen LogP contribution is 2.49. The molecule has 0 aromatic rings. The standard InChI is InChI=1S/C21H37N3O2/c1-6-24-20(26)17-13-22(12-16(4)5)14-18(17)21(24)7-9-23(10-8-21)19(25)11-15(2)3/h15-18H,6-14H2,1-5H3/t17-,18+/m1/s1. The number of hydrogen-bond donors (Lipinski definition) is 0. The molecule has 0 radical (unpaired) electrons. The molecule has 3 aliphatic heterocycles. The second kappa shape index (κ2) is 7.49. The van der Waals surface area contributed by atoms with E-state index in [1.165, 1.54) is 0 Å². The van der Waals surface area contributed by atoms with Gasteiger partial charge < -0.3 is 14.7 Å². The number of carbonyl (C=O) groups is 2. The molecule has 0 N–H and O–H groups in total. The molecule has 3 heterocycles. The van der Waals surface area contributed by atoms with E-state index >= 15 is 0 Å². The van der Waals surface area contributed by atoms with Gasteiger partial charge >= 0.3 is 0 Å². The zero-order valence-electron chi connectivity index (χ0n) is 17.3. The molecule has 0 aliphatic carbocycles. The van der Waals surface area contributed by atoms with Crippen LogP contribution >= 0.6 is 0 Å². The van der Waals surface area contributed by atoms with Gasteiger partial charge in [0, 0.05) is 51.6 Å². The molecule has 3 aliphatic rings. The molecular formula is C21H37N3O2. The fourth-order valence-electron chi connectivity index (χ4n) is 5.70. The summed E-state index contributed by atoms with van der Waals surface area (Å²) in [5.41, 5.74) is -0.0170. The van der Waals surface area contributed by atoms with Crippen molar-refractivity contribution in [2.75, 3.05) is 39.3 Å². The average molecular weight is 364 g/mol. The Balaban J connectivity index is 1.73. The fraction of sp³-hybridized carbons (Fsp3) is 0.905. The number of nitrogens with zero attached hydrogens (tertiary/aromatic N) is 3. The molecule has 3 rings (SSSR count). The van der Waals surface area contributed by atoms with Crippen LogP contribution in [-0.2, 0) is 9.59 Å². The quantitative estimate of drug-likeness (QED) is 0.754. The molecule has 0 aromatic carbocycles. The summed E-state index contributed by atoms with van der Waals surface area (Å²) in [6.07, 6.45) is 2.54. The summed E-state index contributed by atoms with van der Waals surface area (Å²) in [7, 11) is 0. The van der Waals surface area contributed by atoms with Gasteiger partial charge in [-0.2, -0.15) is 0 Å². The maximum absolute atomic E-state index is 13.1. The lowest BCUT2D eigenvalue weighted by Gasteiger charge is -2.48. The molecule has 3 saturated heterocycles. The van der Waals surface area contributed by atoms with Crippen LogP contribution in [-0.4, -0.2) is 71.3 Å². The molecule has 26 heavy (non-hydrogen) atoms. The lowest BCUT2D eigenvalue weighted by atomic mass is 9.74. The first-order chi connectivity index (χ1) is 12.3. The average Bonchev–Trinajstić information content (AvgIpc) is 3.05. The Hall–Kier alpha value is -1.10. The van der Waals surface area contributed by atoms with Gasteiger partial charge in [0.2, 0.25) is 11.8 Å². The van der Waals surface area contributed by atoms with Crippen molar-refractivity contribution in [3.05, 3.63) is 0 Å². The van der Waals surface area contributed by atoms with Crippen molar-refractivity contribution in [3.8, 4) is 0 Å². The SMILES string of the molecule is CCN1C(=O)[C@@H]2CN(CC(C)C)C[C@@H]2C12CCN(C(=O)CC(C)C)CC2. The predicted molar refractivity (Wildman–Crippen MR) is 104 cm³/mol. The lowest BCUT2D eigenvalue weighted by Crippen LogP contribution is -2.58. The summed E-state index contributed by atoms with van der Waals surface area (Å²) in [5.74, 6) is 2.31. The maximum atomic E-state index is 13.1. The number of amides is 2. The van der Waals surface area contributed by atoms with Gasteiger partial charge in [0.05, 0.1) is 11.5 Å². The van der Waals surface area contributed by atoms with Crippen molar-refractivity contribution in [1.82, 2.24) is 14.7 Å². The number of rotatable bonds is 5. The zero-order chi connectivity index (χ0) is 19.1. The van der Waals surface area contributed by atoms with Crippen molar-refractivity contribution < 1.29 is 9.59 Å². The normalized spacial score (nSPS) is 28.7. The Kier molecular flexibility index (Phi) is 5.66. The lowest BCUT2D eigenvalue weighted by molar-refractivity contribution is -0.138. The second-order valence-electron chi connectivity index (χ2n) is 9.49. The highest BCUT2D eigenvalue weighted by Gasteiger charge is 2.61. The van der Waals surface area contributed by atoms with Gasteiger partial charge in [-0.1, -0.05) is 27.7 Å².